The number of nitrogens with one attached hydrogen (secondary N) is 1. The summed E-state index contributed by atoms with van der Waals surface area (Å²) in [4.78, 5) is 17.0. The fraction of sp³-hybridized carbons (Fsp3) is 0.409. The Hall–Kier alpha value is -2.63. The molecule has 3 aromatic rings. The zero-order valence-electron chi connectivity index (χ0n) is 17.7. The molecule has 8 nitrogen and oxygen atoms in total. The average molecular weight is 491 g/mol. The van der Waals surface area contributed by atoms with Gasteiger partial charge < -0.3 is 9.84 Å². The lowest BCUT2D eigenvalue weighted by atomic mass is 9.85. The van der Waals surface area contributed by atoms with Gasteiger partial charge in [0.1, 0.15) is 10.0 Å². The maximum atomic E-state index is 13.3. The monoisotopic (exact) mass is 490 g/mol. The summed E-state index contributed by atoms with van der Waals surface area (Å²) in [5.41, 5.74) is 1.01. The summed E-state index contributed by atoms with van der Waals surface area (Å²) >= 11 is 1.13. The predicted octanol–water partition coefficient (Wildman–Crippen LogP) is 4.24. The number of carbonyl (C=O) groups is 1. The molecule has 1 saturated heterocycles. The summed E-state index contributed by atoms with van der Waals surface area (Å²) in [5, 5.41) is 8.44. The largest absolute Gasteiger partial charge is 0.339 e. The molecular weight excluding hydrogens is 467 g/mol. The molecule has 1 aliphatic heterocycles. The van der Waals surface area contributed by atoms with Crippen LogP contribution in [0.15, 0.2) is 44.4 Å². The molecule has 5 rings (SSSR count). The lowest BCUT2D eigenvalue weighted by Crippen LogP contribution is -2.41. The van der Waals surface area contributed by atoms with Crippen LogP contribution >= 0.6 is 11.3 Å². The van der Waals surface area contributed by atoms with E-state index in [9.17, 15) is 17.6 Å². The van der Waals surface area contributed by atoms with Gasteiger partial charge in [0.25, 0.3) is 10.0 Å². The minimum Gasteiger partial charge on any atom is -0.339 e. The van der Waals surface area contributed by atoms with Crippen LogP contribution in [-0.4, -0.2) is 41.9 Å². The van der Waals surface area contributed by atoms with Gasteiger partial charge in [-0.2, -0.15) is 9.29 Å². The van der Waals surface area contributed by atoms with Crippen LogP contribution in [-0.2, 0) is 14.8 Å². The molecule has 1 saturated carbocycles. The number of halogens is 1. The lowest BCUT2D eigenvalue weighted by Gasteiger charge is -2.30. The molecule has 0 radical (unpaired) electrons. The molecule has 0 atom stereocenters. The van der Waals surface area contributed by atoms with Crippen molar-refractivity contribution < 1.29 is 22.1 Å². The van der Waals surface area contributed by atoms with E-state index in [-0.39, 0.29) is 29.1 Å². The minimum absolute atomic E-state index is 0.218. The fourth-order valence-electron chi connectivity index (χ4n) is 4.04. The first-order chi connectivity index (χ1) is 15.9. The van der Waals surface area contributed by atoms with E-state index < -0.39 is 15.8 Å². The number of rotatable bonds is 6. The number of anilines is 1. The molecule has 1 aliphatic carbocycles. The molecule has 1 amide bonds. The maximum absolute atomic E-state index is 13.3. The van der Waals surface area contributed by atoms with Crippen molar-refractivity contribution in [3.63, 3.8) is 0 Å². The van der Waals surface area contributed by atoms with Crippen molar-refractivity contribution in [3.8, 4) is 11.4 Å². The molecule has 0 bridgehead atoms. The molecule has 33 heavy (non-hydrogen) atoms. The van der Waals surface area contributed by atoms with Crippen molar-refractivity contribution in [3.05, 3.63) is 47.4 Å². The Morgan fingerprint density at radius 1 is 1.18 bits per heavy atom. The summed E-state index contributed by atoms with van der Waals surface area (Å²) in [7, 11) is -3.68. The van der Waals surface area contributed by atoms with Crippen LogP contribution < -0.4 is 5.32 Å². The second-order valence-electron chi connectivity index (χ2n) is 8.42. The van der Waals surface area contributed by atoms with Crippen LogP contribution in [0.2, 0.25) is 0 Å². The van der Waals surface area contributed by atoms with Crippen LogP contribution in [0, 0.1) is 11.7 Å². The lowest BCUT2D eigenvalue weighted by molar-refractivity contribution is -0.120. The van der Waals surface area contributed by atoms with E-state index in [1.807, 2.05) is 0 Å². The highest BCUT2D eigenvalue weighted by Gasteiger charge is 2.33. The number of piperidine rings is 1. The smallest absolute Gasteiger partial charge is 0.252 e. The van der Waals surface area contributed by atoms with Crippen molar-refractivity contribution in [1.29, 1.82) is 0 Å². The van der Waals surface area contributed by atoms with Crippen LogP contribution in [0.25, 0.3) is 11.4 Å². The Balaban J connectivity index is 1.21. The van der Waals surface area contributed by atoms with Gasteiger partial charge in [0.05, 0.1) is 0 Å². The Morgan fingerprint density at radius 2 is 1.97 bits per heavy atom. The number of sulfonamides is 1. The summed E-state index contributed by atoms with van der Waals surface area (Å²) in [5.74, 6) is 0.350. The molecule has 11 heteroatoms. The molecule has 3 heterocycles. The zero-order valence-corrected chi connectivity index (χ0v) is 19.4. The Morgan fingerprint density at radius 3 is 2.67 bits per heavy atom. The summed E-state index contributed by atoms with van der Waals surface area (Å²) in [6.45, 7) is 0.482. The third kappa shape index (κ3) is 4.57. The highest BCUT2D eigenvalue weighted by Crippen LogP contribution is 2.37. The zero-order chi connectivity index (χ0) is 23.0. The number of amides is 1. The number of thiophene rings is 1. The molecule has 1 N–H and O–H groups in total. The van der Waals surface area contributed by atoms with Gasteiger partial charge in [-0.25, -0.2) is 12.8 Å². The Kier molecular flexibility index (Phi) is 6.02. The highest BCUT2D eigenvalue weighted by molar-refractivity contribution is 7.91. The van der Waals surface area contributed by atoms with E-state index in [2.05, 4.69) is 15.5 Å². The van der Waals surface area contributed by atoms with Crippen molar-refractivity contribution in [1.82, 2.24) is 14.4 Å². The quantitative estimate of drug-likeness (QED) is 0.554. The van der Waals surface area contributed by atoms with E-state index in [0.29, 0.717) is 41.7 Å². The Bertz CT molecular complexity index is 1260. The summed E-state index contributed by atoms with van der Waals surface area (Å²) < 4.78 is 46.6. The van der Waals surface area contributed by atoms with Crippen LogP contribution in [0.5, 0.6) is 0 Å². The van der Waals surface area contributed by atoms with Gasteiger partial charge in [-0.1, -0.05) is 17.6 Å². The van der Waals surface area contributed by atoms with Crippen LogP contribution in [0.1, 0.15) is 43.9 Å². The van der Waals surface area contributed by atoms with Gasteiger partial charge in [0.15, 0.2) is 0 Å². The molecule has 2 aliphatic rings. The van der Waals surface area contributed by atoms with Gasteiger partial charge in [0, 0.05) is 41.6 Å². The molecule has 1 aromatic carbocycles. The molecule has 2 fully saturated rings. The van der Waals surface area contributed by atoms with Gasteiger partial charge in [-0.05, 0) is 49.9 Å². The molecular formula is C22H23FN4O4S2. The third-order valence-electron chi connectivity index (χ3n) is 6.24. The van der Waals surface area contributed by atoms with Crippen molar-refractivity contribution in [2.24, 2.45) is 5.92 Å². The second-order valence-corrected chi connectivity index (χ2v) is 11.5. The first-order valence-corrected chi connectivity index (χ1v) is 13.2. The number of aromatic nitrogens is 2. The fourth-order valence-corrected chi connectivity index (χ4v) is 6.82. The number of hydrogen-bond donors (Lipinski definition) is 1. The van der Waals surface area contributed by atoms with Crippen molar-refractivity contribution >= 4 is 33.0 Å². The number of nitrogens with zero attached hydrogens (tertiary/aromatic N) is 3. The first-order valence-electron chi connectivity index (χ1n) is 10.9. The predicted molar refractivity (Wildman–Crippen MR) is 121 cm³/mol. The van der Waals surface area contributed by atoms with Gasteiger partial charge in [-0.3, -0.25) is 4.79 Å². The number of benzene rings is 1. The third-order valence-corrected chi connectivity index (χ3v) is 9.55. The second kappa shape index (κ2) is 8.96. The SMILES string of the molecule is O=C(Nc1cccc(F)c1)C1CCN(S(=O)(=O)c2cc(-c3noc(C4CCC4)n3)cs2)CC1. The van der Waals surface area contributed by atoms with E-state index in [4.69, 9.17) is 4.52 Å². The van der Waals surface area contributed by atoms with Gasteiger partial charge in [0.2, 0.25) is 17.6 Å². The minimum atomic E-state index is -3.68. The first kappa shape index (κ1) is 22.2. The average Bonchev–Trinajstić information content (AvgIpc) is 3.43. The number of hydrogen-bond acceptors (Lipinski definition) is 7. The van der Waals surface area contributed by atoms with Crippen LogP contribution in [0.3, 0.4) is 0 Å². The van der Waals surface area contributed by atoms with Crippen LogP contribution in [0.4, 0.5) is 10.1 Å². The topological polar surface area (TPSA) is 105 Å². The summed E-state index contributed by atoms with van der Waals surface area (Å²) in [6.07, 6.45) is 4.04. The van der Waals surface area contributed by atoms with E-state index >= 15 is 0 Å². The van der Waals surface area contributed by atoms with E-state index in [1.165, 1.54) is 22.5 Å². The molecule has 2 aromatic heterocycles. The molecule has 0 unspecified atom stereocenters. The van der Waals surface area contributed by atoms with Gasteiger partial charge in [-0.15, -0.1) is 11.3 Å². The van der Waals surface area contributed by atoms with E-state index in [1.54, 1.807) is 17.5 Å². The molecule has 174 valence electrons. The normalized spacial score (nSPS) is 18.2. The standard InChI is InChI=1S/C22H23FN4O4S2/c23-17-5-2-6-18(12-17)24-21(28)14-7-9-27(10-8-14)33(29,30)19-11-16(13-32-19)20-25-22(31-26-20)15-3-1-4-15/h2,5-6,11-15H,1,3-4,7-10H2,(H,24,28). The van der Waals surface area contributed by atoms with Crippen molar-refractivity contribution in [2.75, 3.05) is 18.4 Å². The van der Waals surface area contributed by atoms with Gasteiger partial charge >= 0.3 is 0 Å². The highest BCUT2D eigenvalue weighted by atomic mass is 32.2. The Labute approximate surface area is 194 Å². The number of carbonyl (C=O) groups excluding carboxylic acids is 1. The van der Waals surface area contributed by atoms with E-state index in [0.717, 1.165) is 30.6 Å². The summed E-state index contributed by atoms with van der Waals surface area (Å²) in [6, 6.07) is 7.29. The maximum Gasteiger partial charge on any atom is 0.252 e. The molecule has 0 spiro atoms. The van der Waals surface area contributed by atoms with Crippen molar-refractivity contribution in [2.45, 2.75) is 42.2 Å².